The summed E-state index contributed by atoms with van der Waals surface area (Å²) < 4.78 is 5.59. The fraction of sp³-hybridized carbons (Fsp3) is 1.00. The molecule has 2 fully saturated rings. The summed E-state index contributed by atoms with van der Waals surface area (Å²) >= 11 is 0. The van der Waals surface area contributed by atoms with Crippen molar-refractivity contribution in [2.24, 2.45) is 5.73 Å². The highest BCUT2D eigenvalue weighted by Gasteiger charge is 2.27. The number of hydrogen-bond donors (Lipinski definition) is 1. The smallest absolute Gasteiger partial charge is 0.0824 e. The Morgan fingerprint density at radius 1 is 1.27 bits per heavy atom. The lowest BCUT2D eigenvalue weighted by Crippen LogP contribution is -2.52. The number of nitrogens with two attached hydrogens (primary N) is 1. The van der Waals surface area contributed by atoms with E-state index in [-0.39, 0.29) is 6.10 Å². The van der Waals surface area contributed by atoms with Crippen molar-refractivity contribution in [1.29, 1.82) is 0 Å². The predicted molar refractivity (Wildman–Crippen MR) is 60.9 cm³/mol. The van der Waals surface area contributed by atoms with Crippen molar-refractivity contribution in [2.75, 3.05) is 46.4 Å². The van der Waals surface area contributed by atoms with Crippen LogP contribution in [0.1, 0.15) is 12.8 Å². The van der Waals surface area contributed by atoms with E-state index in [2.05, 4.69) is 16.8 Å². The van der Waals surface area contributed by atoms with Gasteiger partial charge in [0.05, 0.1) is 12.7 Å². The highest BCUT2D eigenvalue weighted by Crippen LogP contribution is 2.18. The molecular formula is C11H23N3O. The molecule has 2 N–H and O–H groups in total. The molecule has 2 saturated heterocycles. The Morgan fingerprint density at radius 2 is 2.00 bits per heavy atom. The van der Waals surface area contributed by atoms with Gasteiger partial charge in [-0.15, -0.1) is 0 Å². The molecule has 2 heterocycles. The van der Waals surface area contributed by atoms with Crippen molar-refractivity contribution in [2.45, 2.75) is 25.0 Å². The molecule has 0 aromatic rings. The van der Waals surface area contributed by atoms with Gasteiger partial charge >= 0.3 is 0 Å². The molecule has 0 radical (unpaired) electrons. The number of nitrogens with zero attached hydrogens (tertiary/aromatic N) is 2. The lowest BCUT2D eigenvalue weighted by Gasteiger charge is -2.41. The second kappa shape index (κ2) is 5.25. The number of rotatable bonds is 2. The Labute approximate surface area is 92.4 Å². The molecule has 1 unspecified atom stereocenters. The number of likely N-dealkylation sites (tertiary alicyclic amines) is 1. The van der Waals surface area contributed by atoms with Crippen LogP contribution in [0, 0.1) is 0 Å². The maximum atomic E-state index is 5.66. The monoisotopic (exact) mass is 213 g/mol. The average Bonchev–Trinajstić information content (AvgIpc) is 2.30. The summed E-state index contributed by atoms with van der Waals surface area (Å²) in [6, 6.07) is 0.763. The van der Waals surface area contributed by atoms with E-state index >= 15 is 0 Å². The summed E-state index contributed by atoms with van der Waals surface area (Å²) in [4.78, 5) is 4.99. The zero-order valence-corrected chi connectivity index (χ0v) is 9.69. The van der Waals surface area contributed by atoms with Crippen LogP contribution >= 0.6 is 0 Å². The van der Waals surface area contributed by atoms with Gasteiger partial charge < -0.3 is 15.4 Å². The van der Waals surface area contributed by atoms with Crippen molar-refractivity contribution in [3.63, 3.8) is 0 Å². The van der Waals surface area contributed by atoms with Gasteiger partial charge in [-0.1, -0.05) is 0 Å². The van der Waals surface area contributed by atoms with Gasteiger partial charge in [0.15, 0.2) is 0 Å². The Hall–Kier alpha value is -0.160. The lowest BCUT2D eigenvalue weighted by molar-refractivity contribution is -0.0463. The zero-order chi connectivity index (χ0) is 10.7. The molecule has 0 bridgehead atoms. The third-order valence-electron chi connectivity index (χ3n) is 3.64. The number of morpholine rings is 1. The van der Waals surface area contributed by atoms with E-state index in [0.29, 0.717) is 6.54 Å². The van der Waals surface area contributed by atoms with Crippen LogP contribution in [0.25, 0.3) is 0 Å². The lowest BCUT2D eigenvalue weighted by atomic mass is 10.0. The second-order valence-corrected chi connectivity index (χ2v) is 4.76. The third-order valence-corrected chi connectivity index (χ3v) is 3.64. The number of hydrogen-bond acceptors (Lipinski definition) is 4. The van der Waals surface area contributed by atoms with Gasteiger partial charge in [0, 0.05) is 25.7 Å². The molecule has 0 aromatic carbocycles. The van der Waals surface area contributed by atoms with E-state index in [1.165, 1.54) is 25.9 Å². The molecular weight excluding hydrogens is 190 g/mol. The summed E-state index contributed by atoms with van der Waals surface area (Å²) in [6.07, 6.45) is 2.86. The Balaban J connectivity index is 1.82. The van der Waals surface area contributed by atoms with E-state index in [1.807, 2.05) is 0 Å². The van der Waals surface area contributed by atoms with Crippen LogP contribution in [-0.4, -0.2) is 68.3 Å². The summed E-state index contributed by atoms with van der Waals surface area (Å²) in [5.74, 6) is 0. The van der Waals surface area contributed by atoms with Gasteiger partial charge in [0.1, 0.15) is 0 Å². The zero-order valence-electron chi connectivity index (χ0n) is 9.69. The van der Waals surface area contributed by atoms with Crippen LogP contribution in [0.15, 0.2) is 0 Å². The standard InChI is InChI=1S/C11H23N3O/c1-13-4-2-10(3-5-13)14-6-7-15-11(8-12)9-14/h10-11H,2-9,12H2,1H3. The van der Waals surface area contributed by atoms with Gasteiger partial charge in [-0.05, 0) is 33.0 Å². The molecule has 88 valence electrons. The summed E-state index contributed by atoms with van der Waals surface area (Å²) in [6.45, 7) is 6.09. The molecule has 0 aromatic heterocycles. The molecule has 0 spiro atoms. The van der Waals surface area contributed by atoms with E-state index in [0.717, 1.165) is 25.7 Å². The number of ether oxygens (including phenoxy) is 1. The summed E-state index contributed by atoms with van der Waals surface area (Å²) in [5, 5.41) is 0. The molecule has 2 rings (SSSR count). The maximum absolute atomic E-state index is 5.66. The van der Waals surface area contributed by atoms with Gasteiger partial charge in [-0.2, -0.15) is 0 Å². The van der Waals surface area contributed by atoms with Crippen molar-refractivity contribution in [1.82, 2.24) is 9.80 Å². The molecule has 2 aliphatic heterocycles. The topological polar surface area (TPSA) is 41.7 Å². The normalized spacial score (nSPS) is 32.0. The van der Waals surface area contributed by atoms with E-state index in [4.69, 9.17) is 10.5 Å². The van der Waals surface area contributed by atoms with Crippen molar-refractivity contribution < 1.29 is 4.74 Å². The van der Waals surface area contributed by atoms with Gasteiger partial charge in [-0.3, -0.25) is 4.90 Å². The van der Waals surface area contributed by atoms with Gasteiger partial charge in [-0.25, -0.2) is 0 Å². The fourth-order valence-corrected chi connectivity index (χ4v) is 2.58. The molecule has 0 amide bonds. The maximum Gasteiger partial charge on any atom is 0.0824 e. The van der Waals surface area contributed by atoms with Crippen molar-refractivity contribution in [3.8, 4) is 0 Å². The first-order valence-corrected chi connectivity index (χ1v) is 6.04. The van der Waals surface area contributed by atoms with Crippen LogP contribution in [0.5, 0.6) is 0 Å². The average molecular weight is 213 g/mol. The predicted octanol–water partition coefficient (Wildman–Crippen LogP) is -0.260. The van der Waals surface area contributed by atoms with Crippen LogP contribution < -0.4 is 5.73 Å². The van der Waals surface area contributed by atoms with Crippen molar-refractivity contribution in [3.05, 3.63) is 0 Å². The molecule has 4 heteroatoms. The van der Waals surface area contributed by atoms with E-state index in [1.54, 1.807) is 0 Å². The van der Waals surface area contributed by atoms with E-state index < -0.39 is 0 Å². The van der Waals surface area contributed by atoms with Crippen molar-refractivity contribution >= 4 is 0 Å². The fourth-order valence-electron chi connectivity index (χ4n) is 2.58. The minimum absolute atomic E-state index is 0.262. The molecule has 4 nitrogen and oxygen atoms in total. The van der Waals surface area contributed by atoms with Crippen LogP contribution in [0.4, 0.5) is 0 Å². The van der Waals surface area contributed by atoms with E-state index in [9.17, 15) is 0 Å². The summed E-state index contributed by atoms with van der Waals surface area (Å²) in [7, 11) is 2.21. The second-order valence-electron chi connectivity index (χ2n) is 4.76. The largest absolute Gasteiger partial charge is 0.374 e. The first-order valence-electron chi connectivity index (χ1n) is 6.04. The highest BCUT2D eigenvalue weighted by atomic mass is 16.5. The first kappa shape index (κ1) is 11.3. The first-order chi connectivity index (χ1) is 7.29. The minimum Gasteiger partial charge on any atom is -0.374 e. The Morgan fingerprint density at radius 3 is 2.67 bits per heavy atom. The van der Waals surface area contributed by atoms with Gasteiger partial charge in [0.25, 0.3) is 0 Å². The molecule has 0 aliphatic carbocycles. The summed E-state index contributed by atoms with van der Waals surface area (Å²) in [5.41, 5.74) is 5.66. The SMILES string of the molecule is CN1CCC(N2CCOC(CN)C2)CC1. The molecule has 1 atom stereocenters. The van der Waals surface area contributed by atoms with Crippen LogP contribution in [0.2, 0.25) is 0 Å². The van der Waals surface area contributed by atoms with Gasteiger partial charge in [0.2, 0.25) is 0 Å². The van der Waals surface area contributed by atoms with Crippen LogP contribution in [0.3, 0.4) is 0 Å². The number of piperidine rings is 1. The third kappa shape index (κ3) is 2.91. The minimum atomic E-state index is 0.262. The molecule has 15 heavy (non-hydrogen) atoms. The molecule has 2 aliphatic rings. The highest BCUT2D eigenvalue weighted by molar-refractivity contribution is 4.82. The Bertz CT molecular complexity index is 192. The van der Waals surface area contributed by atoms with Crippen LogP contribution in [-0.2, 0) is 4.74 Å². The Kier molecular flexibility index (Phi) is 3.97. The quantitative estimate of drug-likeness (QED) is 0.686. The molecule has 0 saturated carbocycles.